The van der Waals surface area contributed by atoms with Crippen molar-refractivity contribution in [3.8, 4) is 0 Å². The number of aromatic nitrogens is 1. The first-order valence-corrected chi connectivity index (χ1v) is 7.93. The van der Waals surface area contributed by atoms with Crippen LogP contribution in [0.25, 0.3) is 0 Å². The van der Waals surface area contributed by atoms with Crippen molar-refractivity contribution in [1.29, 1.82) is 0 Å². The van der Waals surface area contributed by atoms with Gasteiger partial charge in [0.05, 0.1) is 10.7 Å². The van der Waals surface area contributed by atoms with Crippen LogP contribution in [0.1, 0.15) is 28.4 Å². The fourth-order valence-electron chi connectivity index (χ4n) is 1.98. The Morgan fingerprint density at radius 2 is 2.33 bits per heavy atom. The van der Waals surface area contributed by atoms with E-state index in [-0.39, 0.29) is 0 Å². The molecule has 0 fully saturated rings. The van der Waals surface area contributed by atoms with Gasteiger partial charge >= 0.3 is 0 Å². The molecule has 0 spiro atoms. The number of hydrogen-bond acceptors (Lipinski definition) is 5. The molecular formula is C13H19N3S2. The number of hydrazine groups is 1. The minimum atomic E-state index is 0.325. The van der Waals surface area contributed by atoms with Gasteiger partial charge in [-0.15, -0.1) is 22.7 Å². The molecule has 0 aliphatic heterocycles. The summed E-state index contributed by atoms with van der Waals surface area (Å²) in [5.74, 6) is 5.62. The van der Waals surface area contributed by atoms with Crippen molar-refractivity contribution in [2.75, 3.05) is 0 Å². The van der Waals surface area contributed by atoms with Crippen molar-refractivity contribution in [3.05, 3.63) is 38.5 Å². The summed E-state index contributed by atoms with van der Waals surface area (Å²) in [7, 11) is 0. The third-order valence-electron chi connectivity index (χ3n) is 2.91. The Kier molecular flexibility index (Phi) is 5.31. The summed E-state index contributed by atoms with van der Waals surface area (Å²) in [6, 6.07) is 4.63. The Labute approximate surface area is 116 Å². The van der Waals surface area contributed by atoms with Crippen molar-refractivity contribution in [2.24, 2.45) is 5.84 Å². The van der Waals surface area contributed by atoms with E-state index in [0.29, 0.717) is 6.04 Å². The van der Waals surface area contributed by atoms with E-state index in [2.05, 4.69) is 33.3 Å². The van der Waals surface area contributed by atoms with Gasteiger partial charge in [-0.3, -0.25) is 11.3 Å². The smallest absolute Gasteiger partial charge is 0.0897 e. The van der Waals surface area contributed by atoms with Crippen LogP contribution in [-0.4, -0.2) is 11.0 Å². The summed E-state index contributed by atoms with van der Waals surface area (Å²) in [5, 5.41) is 5.38. The maximum atomic E-state index is 5.62. The zero-order valence-electron chi connectivity index (χ0n) is 10.6. The predicted octanol–water partition coefficient (Wildman–Crippen LogP) is 2.91. The number of thiophene rings is 1. The van der Waals surface area contributed by atoms with Crippen molar-refractivity contribution in [2.45, 2.75) is 38.6 Å². The molecule has 0 saturated carbocycles. The van der Waals surface area contributed by atoms with Gasteiger partial charge in [-0.05, 0) is 37.6 Å². The van der Waals surface area contributed by atoms with Crippen LogP contribution in [-0.2, 0) is 12.8 Å². The van der Waals surface area contributed by atoms with E-state index in [4.69, 9.17) is 5.84 Å². The molecule has 2 aromatic rings. The number of nitrogens with one attached hydrogen (secondary N) is 1. The highest BCUT2D eigenvalue weighted by Gasteiger charge is 2.09. The monoisotopic (exact) mass is 281 g/mol. The van der Waals surface area contributed by atoms with Crippen molar-refractivity contribution in [3.63, 3.8) is 0 Å². The minimum absolute atomic E-state index is 0.325. The summed E-state index contributed by atoms with van der Waals surface area (Å²) in [4.78, 5) is 5.94. The van der Waals surface area contributed by atoms with E-state index in [9.17, 15) is 0 Å². The van der Waals surface area contributed by atoms with Gasteiger partial charge in [-0.2, -0.15) is 0 Å². The third kappa shape index (κ3) is 4.17. The van der Waals surface area contributed by atoms with Crippen LogP contribution in [0.15, 0.2) is 22.9 Å². The summed E-state index contributed by atoms with van der Waals surface area (Å²) < 4.78 is 0. The fraction of sp³-hybridized carbons (Fsp3) is 0.462. The molecule has 1 atom stereocenters. The number of hydrogen-bond donors (Lipinski definition) is 2. The van der Waals surface area contributed by atoms with E-state index in [1.807, 2.05) is 18.3 Å². The topological polar surface area (TPSA) is 50.9 Å². The van der Waals surface area contributed by atoms with Gasteiger partial charge in [0.25, 0.3) is 0 Å². The zero-order valence-corrected chi connectivity index (χ0v) is 12.2. The molecule has 2 aromatic heterocycles. The van der Waals surface area contributed by atoms with Crippen molar-refractivity contribution < 1.29 is 0 Å². The molecule has 0 aromatic carbocycles. The normalized spacial score (nSPS) is 12.8. The molecule has 0 amide bonds. The van der Waals surface area contributed by atoms with E-state index in [1.165, 1.54) is 11.3 Å². The van der Waals surface area contributed by atoms with Crippen LogP contribution >= 0.6 is 22.7 Å². The van der Waals surface area contributed by atoms with Gasteiger partial charge in [-0.1, -0.05) is 6.07 Å². The first kappa shape index (κ1) is 13.7. The van der Waals surface area contributed by atoms with Crippen molar-refractivity contribution >= 4 is 22.7 Å². The minimum Gasteiger partial charge on any atom is -0.271 e. The van der Waals surface area contributed by atoms with Crippen LogP contribution in [0.4, 0.5) is 0 Å². The van der Waals surface area contributed by atoms with Gasteiger partial charge in [0.1, 0.15) is 0 Å². The number of nitrogens with two attached hydrogens (primary N) is 1. The standard InChI is InChI=1S/C13H19N3S2/c1-10-15-12(9-18-10)8-11(16-14)4-2-5-13-6-3-7-17-13/h3,6-7,9,11,16H,2,4-5,8,14H2,1H3. The number of thiazole rings is 1. The summed E-state index contributed by atoms with van der Waals surface area (Å²) in [6.07, 6.45) is 4.32. The predicted molar refractivity (Wildman–Crippen MR) is 78.9 cm³/mol. The van der Waals surface area contributed by atoms with Crippen LogP contribution in [0, 0.1) is 6.92 Å². The molecule has 3 nitrogen and oxygen atoms in total. The highest BCUT2D eigenvalue weighted by Crippen LogP contribution is 2.15. The lowest BCUT2D eigenvalue weighted by Crippen LogP contribution is -2.36. The zero-order chi connectivity index (χ0) is 12.8. The summed E-state index contributed by atoms with van der Waals surface area (Å²) in [5.41, 5.74) is 4.06. The molecule has 0 saturated heterocycles. The molecule has 18 heavy (non-hydrogen) atoms. The Bertz CT molecular complexity index is 451. The lowest BCUT2D eigenvalue weighted by atomic mass is 10.1. The Morgan fingerprint density at radius 3 is 2.94 bits per heavy atom. The number of nitrogens with zero attached hydrogens (tertiary/aromatic N) is 1. The van der Waals surface area contributed by atoms with E-state index in [0.717, 1.165) is 30.0 Å². The van der Waals surface area contributed by atoms with Crippen LogP contribution in [0.2, 0.25) is 0 Å². The molecule has 2 rings (SSSR count). The molecule has 1 unspecified atom stereocenters. The largest absolute Gasteiger partial charge is 0.271 e. The SMILES string of the molecule is Cc1nc(CC(CCCc2cccs2)NN)cs1. The molecule has 5 heteroatoms. The van der Waals surface area contributed by atoms with Crippen molar-refractivity contribution in [1.82, 2.24) is 10.4 Å². The van der Waals surface area contributed by atoms with Gasteiger partial charge in [0.15, 0.2) is 0 Å². The van der Waals surface area contributed by atoms with Crippen LogP contribution in [0.3, 0.4) is 0 Å². The molecule has 98 valence electrons. The first-order chi connectivity index (χ1) is 8.78. The highest BCUT2D eigenvalue weighted by molar-refractivity contribution is 7.10. The molecule has 2 heterocycles. The third-order valence-corrected chi connectivity index (χ3v) is 4.67. The second-order valence-corrected chi connectivity index (χ2v) is 6.49. The van der Waals surface area contributed by atoms with Crippen LogP contribution in [0.5, 0.6) is 0 Å². The Balaban J connectivity index is 1.75. The maximum absolute atomic E-state index is 5.62. The molecule has 0 aliphatic rings. The van der Waals surface area contributed by atoms with Gasteiger partial charge < -0.3 is 0 Å². The Hall–Kier alpha value is -0.750. The second-order valence-electron chi connectivity index (χ2n) is 4.40. The first-order valence-electron chi connectivity index (χ1n) is 6.17. The highest BCUT2D eigenvalue weighted by atomic mass is 32.1. The molecule has 0 aliphatic carbocycles. The van der Waals surface area contributed by atoms with E-state index >= 15 is 0 Å². The quantitative estimate of drug-likeness (QED) is 0.606. The van der Waals surface area contributed by atoms with E-state index in [1.54, 1.807) is 11.3 Å². The van der Waals surface area contributed by atoms with Gasteiger partial charge in [0, 0.05) is 22.7 Å². The van der Waals surface area contributed by atoms with Gasteiger partial charge in [0.2, 0.25) is 0 Å². The average Bonchev–Trinajstić information content (AvgIpc) is 3.00. The fourth-order valence-corrected chi connectivity index (χ4v) is 3.35. The maximum Gasteiger partial charge on any atom is 0.0897 e. The summed E-state index contributed by atoms with van der Waals surface area (Å²) in [6.45, 7) is 2.04. The average molecular weight is 281 g/mol. The lowest BCUT2D eigenvalue weighted by Gasteiger charge is -2.14. The van der Waals surface area contributed by atoms with E-state index < -0.39 is 0 Å². The van der Waals surface area contributed by atoms with Gasteiger partial charge in [-0.25, -0.2) is 4.98 Å². The Morgan fingerprint density at radius 1 is 1.44 bits per heavy atom. The van der Waals surface area contributed by atoms with Crippen LogP contribution < -0.4 is 11.3 Å². The second kappa shape index (κ2) is 6.99. The molecular weight excluding hydrogens is 262 g/mol. The molecule has 0 bridgehead atoms. The lowest BCUT2D eigenvalue weighted by molar-refractivity contribution is 0.474. The number of aryl methyl sites for hydroxylation is 2. The summed E-state index contributed by atoms with van der Waals surface area (Å²) >= 11 is 3.53. The molecule has 0 radical (unpaired) electrons. The number of rotatable bonds is 7. The molecule has 3 N–H and O–H groups in total.